The third-order valence-electron chi connectivity index (χ3n) is 4.78. The van der Waals surface area contributed by atoms with Crippen LogP contribution in [-0.4, -0.2) is 72.6 Å². The summed E-state index contributed by atoms with van der Waals surface area (Å²) in [5.41, 5.74) is 0.304. The molecular weight excluding hydrogens is 484 g/mol. The van der Waals surface area contributed by atoms with Crippen LogP contribution in [0.4, 0.5) is 4.79 Å². The maximum Gasteiger partial charge on any atom is 0.408 e. The van der Waals surface area contributed by atoms with Gasteiger partial charge in [-0.3, -0.25) is 14.4 Å². The third kappa shape index (κ3) is 10.00. The van der Waals surface area contributed by atoms with Crippen LogP contribution in [0, 0.1) is 11.3 Å². The number of ether oxygens (including phenoxy) is 2. The van der Waals surface area contributed by atoms with Crippen LogP contribution < -0.4 is 10.6 Å². The molecule has 3 amide bonds. The lowest BCUT2D eigenvalue weighted by Crippen LogP contribution is -2.53. The third-order valence-corrected chi connectivity index (χ3v) is 5.42. The second-order valence-electron chi connectivity index (χ2n) is 8.68. The summed E-state index contributed by atoms with van der Waals surface area (Å²) >= 11 is 1.47. The minimum Gasteiger partial charge on any atom is -0.468 e. The Morgan fingerprint density at radius 3 is 2.53 bits per heavy atom. The van der Waals surface area contributed by atoms with Crippen molar-refractivity contribution in [2.24, 2.45) is 0 Å². The summed E-state index contributed by atoms with van der Waals surface area (Å²) in [5, 5.41) is 14.6. The van der Waals surface area contributed by atoms with Crippen molar-refractivity contribution < 1.29 is 28.7 Å². The first-order valence-electron chi connectivity index (χ1n) is 11.2. The van der Waals surface area contributed by atoms with Crippen molar-refractivity contribution in [1.29, 1.82) is 5.26 Å². The van der Waals surface area contributed by atoms with E-state index in [1.807, 2.05) is 12.3 Å². The summed E-state index contributed by atoms with van der Waals surface area (Å²) in [7, 11) is 1.18. The first-order chi connectivity index (χ1) is 17.0. The molecule has 0 saturated carbocycles. The average molecular weight is 519 g/mol. The van der Waals surface area contributed by atoms with E-state index >= 15 is 0 Å². The lowest BCUT2D eigenvalue weighted by Gasteiger charge is -2.33. The van der Waals surface area contributed by atoms with Crippen LogP contribution in [0.2, 0.25) is 0 Å². The van der Waals surface area contributed by atoms with Gasteiger partial charge in [0.1, 0.15) is 30.8 Å². The van der Waals surface area contributed by atoms with E-state index in [9.17, 15) is 24.4 Å². The van der Waals surface area contributed by atoms with Crippen LogP contribution in [0.5, 0.6) is 0 Å². The number of methoxy groups -OCH3 is 1. The van der Waals surface area contributed by atoms with Crippen LogP contribution in [0.3, 0.4) is 0 Å². The van der Waals surface area contributed by atoms with Crippen molar-refractivity contribution >= 4 is 41.7 Å². The number of amides is 3. The monoisotopic (exact) mass is 518 g/mol. The van der Waals surface area contributed by atoms with E-state index in [0.717, 1.165) is 4.90 Å². The fraction of sp³-hybridized carbons (Fsp3) is 0.480. The Balaban J connectivity index is 3.45. The fourth-order valence-corrected chi connectivity index (χ4v) is 3.64. The van der Waals surface area contributed by atoms with Gasteiger partial charge in [0.2, 0.25) is 11.8 Å². The van der Waals surface area contributed by atoms with E-state index < -0.39 is 54.7 Å². The molecule has 0 aliphatic heterocycles. The van der Waals surface area contributed by atoms with Crippen molar-refractivity contribution in [3.63, 3.8) is 0 Å². The molecule has 2 atom stereocenters. The van der Waals surface area contributed by atoms with Crippen LogP contribution in [0.25, 0.3) is 6.08 Å². The van der Waals surface area contributed by atoms with Gasteiger partial charge in [-0.1, -0.05) is 30.9 Å². The van der Waals surface area contributed by atoms with E-state index in [1.165, 1.54) is 18.9 Å². The van der Waals surface area contributed by atoms with Gasteiger partial charge in [0.15, 0.2) is 0 Å². The number of hydrogen-bond acceptors (Lipinski definition) is 8. The number of nitrogens with one attached hydrogen (secondary N) is 2. The molecule has 0 bridgehead atoms. The molecule has 0 heterocycles. The van der Waals surface area contributed by atoms with Gasteiger partial charge in [0.05, 0.1) is 13.2 Å². The molecule has 1 aromatic carbocycles. The smallest absolute Gasteiger partial charge is 0.408 e. The molecule has 0 fully saturated rings. The number of nitrogens with zero attached hydrogens (tertiary/aromatic N) is 2. The van der Waals surface area contributed by atoms with E-state index in [1.54, 1.807) is 51.1 Å². The first kappa shape index (κ1) is 30.5. The van der Waals surface area contributed by atoms with Gasteiger partial charge in [-0.25, -0.2) is 4.79 Å². The molecule has 196 valence electrons. The van der Waals surface area contributed by atoms with Crippen LogP contribution >= 0.6 is 11.8 Å². The molecule has 0 spiro atoms. The summed E-state index contributed by atoms with van der Waals surface area (Å²) in [5.74, 6) is -1.48. The number of hydrogen-bond donors (Lipinski definition) is 2. The SMILES string of the molecule is C=Cc1cccc(C(C(=O)NCC(=O)OC)N(CC#N)C(=O)C(CCSC)NC(=O)OC(C)(C)C)c1. The van der Waals surface area contributed by atoms with E-state index in [4.69, 9.17) is 4.74 Å². The Labute approximate surface area is 216 Å². The summed E-state index contributed by atoms with van der Waals surface area (Å²) in [4.78, 5) is 52.1. The number of esters is 1. The molecule has 1 aromatic rings. The summed E-state index contributed by atoms with van der Waals surface area (Å²) in [6, 6.07) is 6.34. The van der Waals surface area contributed by atoms with E-state index in [0.29, 0.717) is 16.9 Å². The first-order valence-corrected chi connectivity index (χ1v) is 12.6. The number of nitriles is 1. The molecule has 0 aromatic heterocycles. The van der Waals surface area contributed by atoms with Gasteiger partial charge < -0.3 is 25.0 Å². The highest BCUT2D eigenvalue weighted by Crippen LogP contribution is 2.24. The van der Waals surface area contributed by atoms with Crippen molar-refractivity contribution in [3.05, 3.63) is 42.0 Å². The highest BCUT2D eigenvalue weighted by Gasteiger charge is 2.36. The Kier molecular flexibility index (Phi) is 12.5. The predicted molar refractivity (Wildman–Crippen MR) is 138 cm³/mol. The second kappa shape index (κ2) is 14.8. The molecule has 11 heteroatoms. The molecular formula is C25H34N4O6S. The van der Waals surface area contributed by atoms with Gasteiger partial charge in [-0.2, -0.15) is 17.0 Å². The standard InChI is InChI=1S/C25H34N4O6S/c1-7-17-9-8-10-18(15-17)21(22(31)27-16-20(30)34-5)29(13-12-26)23(32)19(11-14-36-6)28-24(33)35-25(2,3)4/h7-10,15,19,21H,1,11,13-14,16H2,2-6H3,(H,27,31)(H,28,33). The highest BCUT2D eigenvalue weighted by atomic mass is 32.2. The van der Waals surface area contributed by atoms with Gasteiger partial charge in [0, 0.05) is 0 Å². The minimum atomic E-state index is -1.26. The molecule has 0 saturated heterocycles. The fourth-order valence-electron chi connectivity index (χ4n) is 3.17. The number of carbonyl (C=O) groups excluding carboxylic acids is 4. The van der Waals surface area contributed by atoms with Gasteiger partial charge in [-0.05, 0) is 56.4 Å². The summed E-state index contributed by atoms with van der Waals surface area (Å²) in [6.07, 6.45) is 2.88. The zero-order chi connectivity index (χ0) is 27.3. The van der Waals surface area contributed by atoms with Crippen molar-refractivity contribution in [1.82, 2.24) is 15.5 Å². The molecule has 0 radical (unpaired) electrons. The zero-order valence-corrected chi connectivity index (χ0v) is 22.1. The maximum atomic E-state index is 13.7. The lowest BCUT2D eigenvalue weighted by atomic mass is 10.00. The van der Waals surface area contributed by atoms with Crippen molar-refractivity contribution in [2.75, 3.05) is 32.2 Å². The normalized spacial score (nSPS) is 12.3. The van der Waals surface area contributed by atoms with Crippen LogP contribution in [0.1, 0.15) is 44.4 Å². The van der Waals surface area contributed by atoms with Crippen molar-refractivity contribution in [3.8, 4) is 6.07 Å². The van der Waals surface area contributed by atoms with Gasteiger partial charge in [-0.15, -0.1) is 0 Å². The van der Waals surface area contributed by atoms with Crippen LogP contribution in [-0.2, 0) is 23.9 Å². The van der Waals surface area contributed by atoms with Crippen LogP contribution in [0.15, 0.2) is 30.8 Å². The number of carbonyl (C=O) groups is 4. The Morgan fingerprint density at radius 2 is 1.97 bits per heavy atom. The molecule has 1 rings (SSSR count). The van der Waals surface area contributed by atoms with E-state index in [2.05, 4.69) is 21.9 Å². The van der Waals surface area contributed by atoms with Gasteiger partial charge in [0.25, 0.3) is 0 Å². The summed E-state index contributed by atoms with van der Waals surface area (Å²) in [6.45, 7) is 7.95. The maximum absolute atomic E-state index is 13.7. The quantitative estimate of drug-likeness (QED) is 0.318. The van der Waals surface area contributed by atoms with Crippen molar-refractivity contribution in [2.45, 2.75) is 44.9 Å². The topological polar surface area (TPSA) is 138 Å². The number of rotatable bonds is 12. The molecule has 36 heavy (non-hydrogen) atoms. The number of benzene rings is 1. The molecule has 0 aliphatic rings. The minimum absolute atomic E-state index is 0.240. The largest absolute Gasteiger partial charge is 0.468 e. The summed E-state index contributed by atoms with van der Waals surface area (Å²) < 4.78 is 9.88. The Hall–Kier alpha value is -3.52. The molecule has 2 N–H and O–H groups in total. The Bertz CT molecular complexity index is 985. The van der Waals surface area contributed by atoms with E-state index in [-0.39, 0.29) is 6.42 Å². The molecule has 10 nitrogen and oxygen atoms in total. The number of thioether (sulfide) groups is 1. The number of alkyl carbamates (subject to hydrolysis) is 1. The zero-order valence-electron chi connectivity index (χ0n) is 21.3. The molecule has 2 unspecified atom stereocenters. The average Bonchev–Trinajstić information content (AvgIpc) is 2.83. The highest BCUT2D eigenvalue weighted by molar-refractivity contribution is 7.98. The predicted octanol–water partition coefficient (Wildman–Crippen LogP) is 2.66. The molecule has 0 aliphatic carbocycles. The lowest BCUT2D eigenvalue weighted by molar-refractivity contribution is -0.144. The Morgan fingerprint density at radius 1 is 1.28 bits per heavy atom. The van der Waals surface area contributed by atoms with Gasteiger partial charge >= 0.3 is 12.1 Å². The second-order valence-corrected chi connectivity index (χ2v) is 9.66.